The minimum Gasteiger partial charge on any atom is -0.347 e. The lowest BCUT2D eigenvalue weighted by molar-refractivity contribution is -0.133. The van der Waals surface area contributed by atoms with Crippen LogP contribution in [0.1, 0.15) is 36.2 Å². The van der Waals surface area contributed by atoms with Crippen LogP contribution in [0.2, 0.25) is 0 Å². The Bertz CT molecular complexity index is 655. The molecule has 0 unspecified atom stereocenters. The second-order valence-corrected chi connectivity index (χ2v) is 6.63. The topological polar surface area (TPSA) is 49.0 Å². The molecule has 0 aliphatic carbocycles. The number of fused-ring (bicyclic) bond motifs is 1. The zero-order valence-electron chi connectivity index (χ0n) is 11.7. The summed E-state index contributed by atoms with van der Waals surface area (Å²) in [6.07, 6.45) is 5.65. The molecule has 5 heteroatoms. The van der Waals surface area contributed by atoms with Crippen LogP contribution >= 0.6 is 11.8 Å². The average Bonchev–Trinajstić information content (AvgIpc) is 3.25. The molecule has 4 rings (SSSR count). The standard InChI is InChI=1S/C16H17N3OS/c20-16(12-10-21-14-6-2-1-4-11(12)14)19-9-3-5-13(19)15-17-7-8-18-15/h1-2,4,6-8,12-13H,3,5,9-10H2,(H,17,18)/t12-,13-/m1/s1. The van der Waals surface area contributed by atoms with E-state index in [1.165, 1.54) is 10.5 Å². The number of carbonyl (C=O) groups is 1. The molecule has 1 fully saturated rings. The van der Waals surface area contributed by atoms with E-state index in [1.54, 1.807) is 18.0 Å². The van der Waals surface area contributed by atoms with Crippen molar-refractivity contribution >= 4 is 17.7 Å². The molecule has 1 aromatic carbocycles. The lowest BCUT2D eigenvalue weighted by Crippen LogP contribution is -2.35. The average molecular weight is 299 g/mol. The fourth-order valence-corrected chi connectivity index (χ4v) is 4.56. The number of thioether (sulfide) groups is 1. The van der Waals surface area contributed by atoms with Crippen molar-refractivity contribution < 1.29 is 4.79 Å². The van der Waals surface area contributed by atoms with Gasteiger partial charge in [0, 0.05) is 29.6 Å². The highest BCUT2D eigenvalue weighted by Crippen LogP contribution is 2.42. The van der Waals surface area contributed by atoms with Crippen molar-refractivity contribution in [2.24, 2.45) is 0 Å². The maximum absolute atomic E-state index is 13.0. The zero-order chi connectivity index (χ0) is 14.2. The third-order valence-corrected chi connectivity index (χ3v) is 5.55. The Morgan fingerprint density at radius 1 is 1.38 bits per heavy atom. The number of amides is 1. The van der Waals surface area contributed by atoms with Crippen LogP contribution < -0.4 is 0 Å². The SMILES string of the molecule is O=C([C@@H]1CSc2ccccc21)N1CCC[C@@H]1c1ncc[nH]1. The van der Waals surface area contributed by atoms with E-state index in [2.05, 4.69) is 22.1 Å². The number of aromatic nitrogens is 2. The first kappa shape index (κ1) is 13.0. The largest absolute Gasteiger partial charge is 0.347 e. The van der Waals surface area contributed by atoms with Crippen LogP contribution in [0.5, 0.6) is 0 Å². The van der Waals surface area contributed by atoms with Gasteiger partial charge in [-0.1, -0.05) is 18.2 Å². The molecule has 0 radical (unpaired) electrons. The highest BCUT2D eigenvalue weighted by molar-refractivity contribution is 7.99. The van der Waals surface area contributed by atoms with E-state index < -0.39 is 0 Å². The van der Waals surface area contributed by atoms with E-state index in [1.807, 2.05) is 23.2 Å². The van der Waals surface area contributed by atoms with E-state index in [0.717, 1.165) is 31.0 Å². The van der Waals surface area contributed by atoms with Gasteiger partial charge in [0.1, 0.15) is 5.82 Å². The minimum atomic E-state index is 0.00163. The number of likely N-dealkylation sites (tertiary alicyclic amines) is 1. The number of nitrogens with one attached hydrogen (secondary N) is 1. The summed E-state index contributed by atoms with van der Waals surface area (Å²) in [5.41, 5.74) is 1.19. The molecule has 3 heterocycles. The molecule has 1 N–H and O–H groups in total. The summed E-state index contributed by atoms with van der Waals surface area (Å²) in [6.45, 7) is 0.841. The molecule has 1 amide bonds. The predicted octanol–water partition coefficient (Wildman–Crippen LogP) is 2.96. The third-order valence-electron chi connectivity index (χ3n) is 4.37. The summed E-state index contributed by atoms with van der Waals surface area (Å²) in [4.78, 5) is 23.8. The number of nitrogens with zero attached hydrogens (tertiary/aromatic N) is 2. The van der Waals surface area contributed by atoms with Crippen molar-refractivity contribution in [3.05, 3.63) is 48.0 Å². The van der Waals surface area contributed by atoms with Gasteiger partial charge in [-0.15, -0.1) is 11.8 Å². The van der Waals surface area contributed by atoms with Gasteiger partial charge in [0.2, 0.25) is 5.91 Å². The molecule has 2 aliphatic heterocycles. The molecular formula is C16H17N3OS. The van der Waals surface area contributed by atoms with E-state index in [0.29, 0.717) is 0 Å². The van der Waals surface area contributed by atoms with Gasteiger partial charge in [-0.05, 0) is 24.5 Å². The van der Waals surface area contributed by atoms with Crippen LogP contribution in [0, 0.1) is 0 Å². The van der Waals surface area contributed by atoms with Crippen molar-refractivity contribution in [2.75, 3.05) is 12.3 Å². The lowest BCUT2D eigenvalue weighted by Gasteiger charge is -2.26. The molecule has 4 nitrogen and oxygen atoms in total. The zero-order valence-corrected chi connectivity index (χ0v) is 12.5. The van der Waals surface area contributed by atoms with Crippen LogP contribution in [-0.4, -0.2) is 33.1 Å². The highest BCUT2D eigenvalue weighted by atomic mass is 32.2. The molecule has 108 valence electrons. The number of carbonyl (C=O) groups excluding carboxylic acids is 1. The van der Waals surface area contributed by atoms with Crippen LogP contribution in [0.15, 0.2) is 41.6 Å². The van der Waals surface area contributed by atoms with Crippen molar-refractivity contribution in [1.29, 1.82) is 0 Å². The van der Waals surface area contributed by atoms with Gasteiger partial charge in [0.05, 0.1) is 12.0 Å². The quantitative estimate of drug-likeness (QED) is 0.927. The number of rotatable bonds is 2. The normalized spacial score (nSPS) is 24.3. The van der Waals surface area contributed by atoms with Gasteiger partial charge in [0.25, 0.3) is 0 Å². The van der Waals surface area contributed by atoms with Crippen molar-refractivity contribution in [1.82, 2.24) is 14.9 Å². The van der Waals surface area contributed by atoms with Crippen LogP contribution in [0.25, 0.3) is 0 Å². The van der Waals surface area contributed by atoms with Crippen LogP contribution in [0.4, 0.5) is 0 Å². The van der Waals surface area contributed by atoms with Crippen LogP contribution in [-0.2, 0) is 4.79 Å². The predicted molar refractivity (Wildman–Crippen MR) is 82.2 cm³/mol. The van der Waals surface area contributed by atoms with E-state index >= 15 is 0 Å². The minimum absolute atomic E-state index is 0.00163. The number of H-pyrrole nitrogens is 1. The van der Waals surface area contributed by atoms with Crippen molar-refractivity contribution in [3.63, 3.8) is 0 Å². The Morgan fingerprint density at radius 3 is 3.14 bits per heavy atom. The molecule has 1 saturated heterocycles. The highest BCUT2D eigenvalue weighted by Gasteiger charge is 2.38. The van der Waals surface area contributed by atoms with E-state index in [-0.39, 0.29) is 17.9 Å². The maximum atomic E-state index is 13.0. The molecule has 21 heavy (non-hydrogen) atoms. The smallest absolute Gasteiger partial charge is 0.231 e. The first-order valence-corrected chi connectivity index (χ1v) is 8.34. The van der Waals surface area contributed by atoms with Gasteiger partial charge in [0.15, 0.2) is 0 Å². The molecule has 1 aromatic heterocycles. The van der Waals surface area contributed by atoms with Gasteiger partial charge < -0.3 is 9.88 Å². The molecule has 0 bridgehead atoms. The Hall–Kier alpha value is -1.75. The Labute approximate surface area is 128 Å². The summed E-state index contributed by atoms with van der Waals surface area (Å²) in [5.74, 6) is 2.03. The first-order chi connectivity index (χ1) is 10.3. The summed E-state index contributed by atoms with van der Waals surface area (Å²) >= 11 is 1.79. The van der Waals surface area contributed by atoms with Gasteiger partial charge in [-0.3, -0.25) is 4.79 Å². The molecule has 2 aromatic rings. The summed E-state index contributed by atoms with van der Waals surface area (Å²) < 4.78 is 0. The fraction of sp³-hybridized carbons (Fsp3) is 0.375. The first-order valence-electron chi connectivity index (χ1n) is 7.36. The second-order valence-electron chi connectivity index (χ2n) is 5.57. The maximum Gasteiger partial charge on any atom is 0.231 e. The molecule has 2 atom stereocenters. The summed E-state index contributed by atoms with van der Waals surface area (Å²) in [5, 5.41) is 0. The Morgan fingerprint density at radius 2 is 2.29 bits per heavy atom. The molecule has 0 saturated carbocycles. The summed E-state index contributed by atoms with van der Waals surface area (Å²) in [7, 11) is 0. The van der Waals surface area contributed by atoms with E-state index in [9.17, 15) is 4.79 Å². The molecule has 0 spiro atoms. The Balaban J connectivity index is 1.61. The lowest BCUT2D eigenvalue weighted by atomic mass is 9.99. The van der Waals surface area contributed by atoms with Crippen LogP contribution in [0.3, 0.4) is 0 Å². The second kappa shape index (κ2) is 5.22. The van der Waals surface area contributed by atoms with Gasteiger partial charge in [-0.25, -0.2) is 4.98 Å². The fourth-order valence-electron chi connectivity index (χ4n) is 3.34. The van der Waals surface area contributed by atoms with Gasteiger partial charge >= 0.3 is 0 Å². The third kappa shape index (κ3) is 2.16. The van der Waals surface area contributed by atoms with E-state index in [4.69, 9.17) is 0 Å². The monoisotopic (exact) mass is 299 g/mol. The number of imidazole rings is 1. The summed E-state index contributed by atoms with van der Waals surface area (Å²) in [6, 6.07) is 8.39. The number of hydrogen-bond acceptors (Lipinski definition) is 3. The number of hydrogen-bond donors (Lipinski definition) is 1. The molecule has 2 aliphatic rings. The molecular weight excluding hydrogens is 282 g/mol. The number of aromatic amines is 1. The van der Waals surface area contributed by atoms with Crippen molar-refractivity contribution in [3.8, 4) is 0 Å². The Kier molecular flexibility index (Phi) is 3.22. The van der Waals surface area contributed by atoms with Gasteiger partial charge in [-0.2, -0.15) is 0 Å². The van der Waals surface area contributed by atoms with Crippen molar-refractivity contribution in [2.45, 2.75) is 29.7 Å². The number of benzene rings is 1.